The number of rotatable bonds is 4. The van der Waals surface area contributed by atoms with Crippen LogP contribution in [0.3, 0.4) is 0 Å². The number of β-amino-alcohol motifs (C(OH)–C–C–N with tert-alkyl or cyclic N) is 1. The monoisotopic (exact) mass is 337 g/mol. The highest BCUT2D eigenvalue weighted by Gasteiger charge is 2.32. The van der Waals surface area contributed by atoms with Gasteiger partial charge in [0.1, 0.15) is 11.4 Å². The molecule has 0 saturated carbocycles. The number of fused-ring (bicyclic) bond motifs is 1. The summed E-state index contributed by atoms with van der Waals surface area (Å²) in [6.45, 7) is 3.46. The van der Waals surface area contributed by atoms with Gasteiger partial charge in [0.25, 0.3) is 0 Å². The molecule has 1 fully saturated rings. The molecule has 1 aromatic carbocycles. The van der Waals surface area contributed by atoms with Gasteiger partial charge >= 0.3 is 0 Å². The Balaban J connectivity index is 1.61. The number of hydrogen-bond donors (Lipinski definition) is 1. The Morgan fingerprint density at radius 1 is 1.24 bits per heavy atom. The van der Waals surface area contributed by atoms with Crippen LogP contribution >= 0.6 is 0 Å². The molecule has 1 saturated heterocycles. The third-order valence-electron chi connectivity index (χ3n) is 4.97. The van der Waals surface area contributed by atoms with Crippen molar-refractivity contribution in [1.82, 2.24) is 14.3 Å². The molecule has 4 rings (SSSR count). The molecular formula is C20H23N3O2. The second kappa shape index (κ2) is 6.50. The first kappa shape index (κ1) is 16.1. The predicted octanol–water partition coefficient (Wildman–Crippen LogP) is 2.96. The maximum atomic E-state index is 10.2. The maximum absolute atomic E-state index is 10.2. The fourth-order valence-electron chi connectivity index (χ4n) is 3.73. The van der Waals surface area contributed by atoms with Crippen LogP contribution in [0.5, 0.6) is 5.75 Å². The molecule has 0 bridgehead atoms. The number of likely N-dealkylation sites (tertiary alicyclic amines) is 1. The van der Waals surface area contributed by atoms with E-state index >= 15 is 0 Å². The van der Waals surface area contributed by atoms with Gasteiger partial charge in [-0.3, -0.25) is 4.90 Å². The van der Waals surface area contributed by atoms with Crippen molar-refractivity contribution in [3.8, 4) is 5.75 Å². The summed E-state index contributed by atoms with van der Waals surface area (Å²) in [5, 5.41) is 10.2. The molecule has 0 amide bonds. The van der Waals surface area contributed by atoms with Crippen molar-refractivity contribution in [2.45, 2.75) is 32.0 Å². The number of methoxy groups -OCH3 is 1. The van der Waals surface area contributed by atoms with Crippen LogP contribution in [0, 0.1) is 6.92 Å². The molecule has 1 aliphatic rings. The van der Waals surface area contributed by atoms with Crippen molar-refractivity contribution in [3.05, 3.63) is 65.6 Å². The van der Waals surface area contributed by atoms with Gasteiger partial charge in [-0.2, -0.15) is 0 Å². The summed E-state index contributed by atoms with van der Waals surface area (Å²) in [5.41, 5.74) is 4.34. The fraction of sp³-hybridized carbons (Fsp3) is 0.350. The van der Waals surface area contributed by atoms with E-state index in [2.05, 4.69) is 40.6 Å². The minimum atomic E-state index is -0.310. The van der Waals surface area contributed by atoms with E-state index in [0.29, 0.717) is 6.54 Å². The zero-order valence-electron chi connectivity index (χ0n) is 14.6. The van der Waals surface area contributed by atoms with Crippen molar-refractivity contribution in [3.63, 3.8) is 0 Å². The molecule has 5 nitrogen and oxygen atoms in total. The number of benzene rings is 1. The zero-order chi connectivity index (χ0) is 17.4. The van der Waals surface area contributed by atoms with Gasteiger partial charge < -0.3 is 14.2 Å². The lowest BCUT2D eigenvalue weighted by Gasteiger charge is -2.23. The number of aromatic nitrogens is 2. The van der Waals surface area contributed by atoms with E-state index in [1.54, 1.807) is 7.11 Å². The molecule has 2 atom stereocenters. The maximum Gasteiger partial charge on any atom is 0.137 e. The van der Waals surface area contributed by atoms with Gasteiger partial charge in [0, 0.05) is 31.0 Å². The lowest BCUT2D eigenvalue weighted by Crippen LogP contribution is -2.24. The number of pyridine rings is 1. The smallest absolute Gasteiger partial charge is 0.137 e. The molecule has 0 unspecified atom stereocenters. The molecule has 1 N–H and O–H groups in total. The van der Waals surface area contributed by atoms with Crippen molar-refractivity contribution in [2.75, 3.05) is 13.7 Å². The van der Waals surface area contributed by atoms with Crippen LogP contribution in [0.25, 0.3) is 5.65 Å². The summed E-state index contributed by atoms with van der Waals surface area (Å²) in [6, 6.07) is 14.4. The lowest BCUT2D eigenvalue weighted by atomic mass is 10.0. The number of ether oxygens (including phenoxy) is 1. The Morgan fingerprint density at radius 3 is 2.88 bits per heavy atom. The first-order valence-electron chi connectivity index (χ1n) is 8.63. The van der Waals surface area contributed by atoms with Gasteiger partial charge in [-0.25, -0.2) is 4.98 Å². The SMILES string of the molecule is COc1cccc([C@@H]2C[C@H](O)CN2Cc2cn3c(C)cccc3n2)c1. The van der Waals surface area contributed by atoms with E-state index in [1.165, 1.54) is 11.3 Å². The van der Waals surface area contributed by atoms with Crippen molar-refractivity contribution in [2.24, 2.45) is 0 Å². The predicted molar refractivity (Wildman–Crippen MR) is 96.7 cm³/mol. The number of nitrogens with zero attached hydrogens (tertiary/aromatic N) is 3. The van der Waals surface area contributed by atoms with Crippen LogP contribution < -0.4 is 4.74 Å². The third kappa shape index (κ3) is 3.13. The van der Waals surface area contributed by atoms with Gasteiger partial charge in [0.15, 0.2) is 0 Å². The van der Waals surface area contributed by atoms with Crippen molar-refractivity contribution in [1.29, 1.82) is 0 Å². The molecule has 130 valence electrons. The largest absolute Gasteiger partial charge is 0.497 e. The number of aliphatic hydroxyl groups is 1. The molecular weight excluding hydrogens is 314 g/mol. The highest BCUT2D eigenvalue weighted by atomic mass is 16.5. The molecule has 0 aliphatic carbocycles. The quantitative estimate of drug-likeness (QED) is 0.795. The van der Waals surface area contributed by atoms with Gasteiger partial charge in [-0.1, -0.05) is 18.2 Å². The Hall–Kier alpha value is -2.37. The van der Waals surface area contributed by atoms with Crippen LogP contribution in [0.1, 0.15) is 29.4 Å². The minimum absolute atomic E-state index is 0.177. The molecule has 25 heavy (non-hydrogen) atoms. The summed E-state index contributed by atoms with van der Waals surface area (Å²) in [5.74, 6) is 0.849. The first-order valence-corrected chi connectivity index (χ1v) is 8.63. The van der Waals surface area contributed by atoms with E-state index in [-0.39, 0.29) is 12.1 Å². The van der Waals surface area contributed by atoms with E-state index in [0.717, 1.165) is 30.1 Å². The highest BCUT2D eigenvalue weighted by Crippen LogP contribution is 2.34. The Bertz CT molecular complexity index is 890. The van der Waals surface area contributed by atoms with E-state index < -0.39 is 0 Å². The third-order valence-corrected chi connectivity index (χ3v) is 4.97. The van der Waals surface area contributed by atoms with Crippen LogP contribution in [0.4, 0.5) is 0 Å². The molecule has 1 aliphatic heterocycles. The second-order valence-corrected chi connectivity index (χ2v) is 6.74. The second-order valence-electron chi connectivity index (χ2n) is 6.74. The Labute approximate surface area is 147 Å². The number of aryl methyl sites for hydroxylation is 1. The summed E-state index contributed by atoms with van der Waals surface area (Å²) in [4.78, 5) is 7.04. The molecule has 0 radical (unpaired) electrons. The van der Waals surface area contributed by atoms with Gasteiger partial charge in [0.2, 0.25) is 0 Å². The molecule has 3 aromatic rings. The Morgan fingerprint density at radius 2 is 2.08 bits per heavy atom. The summed E-state index contributed by atoms with van der Waals surface area (Å²) in [6.07, 6.45) is 2.52. The average molecular weight is 337 g/mol. The summed E-state index contributed by atoms with van der Waals surface area (Å²) < 4.78 is 7.46. The number of imidazole rings is 1. The van der Waals surface area contributed by atoms with Crippen molar-refractivity contribution >= 4 is 5.65 Å². The normalized spacial score (nSPS) is 21.1. The zero-order valence-corrected chi connectivity index (χ0v) is 14.6. The van der Waals surface area contributed by atoms with Gasteiger partial charge in [-0.15, -0.1) is 0 Å². The van der Waals surface area contributed by atoms with Gasteiger partial charge in [-0.05, 0) is 43.2 Å². The molecule has 0 spiro atoms. The van der Waals surface area contributed by atoms with E-state index in [9.17, 15) is 5.11 Å². The lowest BCUT2D eigenvalue weighted by molar-refractivity contribution is 0.172. The highest BCUT2D eigenvalue weighted by molar-refractivity contribution is 5.41. The molecule has 5 heteroatoms. The molecule has 2 aromatic heterocycles. The molecule has 3 heterocycles. The van der Waals surface area contributed by atoms with Crippen molar-refractivity contribution < 1.29 is 9.84 Å². The van der Waals surface area contributed by atoms with Crippen LogP contribution in [-0.2, 0) is 6.54 Å². The average Bonchev–Trinajstić information content (AvgIpc) is 3.19. The number of hydrogen-bond acceptors (Lipinski definition) is 4. The number of aliphatic hydroxyl groups excluding tert-OH is 1. The summed E-state index contributed by atoms with van der Waals surface area (Å²) in [7, 11) is 1.68. The van der Waals surface area contributed by atoms with Crippen LogP contribution in [-0.4, -0.2) is 39.1 Å². The minimum Gasteiger partial charge on any atom is -0.497 e. The topological polar surface area (TPSA) is 50.0 Å². The van der Waals surface area contributed by atoms with Gasteiger partial charge in [0.05, 0.1) is 18.9 Å². The summed E-state index contributed by atoms with van der Waals surface area (Å²) >= 11 is 0. The Kier molecular flexibility index (Phi) is 4.19. The van der Waals surface area contributed by atoms with E-state index in [4.69, 9.17) is 9.72 Å². The van der Waals surface area contributed by atoms with Crippen LogP contribution in [0.15, 0.2) is 48.7 Å². The fourth-order valence-corrected chi connectivity index (χ4v) is 3.73. The first-order chi connectivity index (χ1) is 12.1. The van der Waals surface area contributed by atoms with Crippen LogP contribution in [0.2, 0.25) is 0 Å². The van der Waals surface area contributed by atoms with E-state index in [1.807, 2.05) is 24.3 Å². The standard InChI is InChI=1S/C20H23N3O2/c1-14-5-3-8-20-21-16(12-23(14)20)11-22-13-17(24)10-19(22)15-6-4-7-18(9-15)25-2/h3-9,12,17,19,24H,10-11,13H2,1-2H3/t17-,19-/m0/s1.